The van der Waals surface area contributed by atoms with E-state index in [2.05, 4.69) is 19.2 Å². The summed E-state index contributed by atoms with van der Waals surface area (Å²) in [6.07, 6.45) is 10.2. The second kappa shape index (κ2) is 13.4. The van der Waals surface area contributed by atoms with Crippen molar-refractivity contribution >= 4 is 11.9 Å². The highest BCUT2D eigenvalue weighted by Gasteiger charge is 2.19. The lowest BCUT2D eigenvalue weighted by atomic mass is 10.0. The first kappa shape index (κ1) is 22.2. The molecule has 1 aromatic carbocycles. The number of carboxylic acid groups (broad SMARTS) is 1. The van der Waals surface area contributed by atoms with E-state index in [1.54, 1.807) is 0 Å². The quantitative estimate of drug-likeness (QED) is 0.460. The maximum atomic E-state index is 12.0. The normalized spacial score (nSPS) is 12.1. The first-order valence-corrected chi connectivity index (χ1v) is 10.0. The third-order valence-electron chi connectivity index (χ3n) is 4.60. The van der Waals surface area contributed by atoms with Gasteiger partial charge in [0.1, 0.15) is 6.04 Å². The molecule has 0 fully saturated rings. The zero-order valence-electron chi connectivity index (χ0n) is 16.4. The van der Waals surface area contributed by atoms with Crippen molar-refractivity contribution in [2.24, 2.45) is 5.92 Å². The molecule has 0 saturated carbocycles. The van der Waals surface area contributed by atoms with Gasteiger partial charge in [0, 0.05) is 12.8 Å². The summed E-state index contributed by atoms with van der Waals surface area (Å²) in [4.78, 5) is 23.4. The van der Waals surface area contributed by atoms with Crippen molar-refractivity contribution in [2.75, 3.05) is 0 Å². The second-order valence-electron chi connectivity index (χ2n) is 7.56. The van der Waals surface area contributed by atoms with Crippen molar-refractivity contribution in [3.05, 3.63) is 35.9 Å². The lowest BCUT2D eigenvalue weighted by Gasteiger charge is -2.14. The fourth-order valence-corrected chi connectivity index (χ4v) is 3.04. The van der Waals surface area contributed by atoms with Gasteiger partial charge in [-0.2, -0.15) is 0 Å². The van der Waals surface area contributed by atoms with E-state index in [9.17, 15) is 14.7 Å². The summed E-state index contributed by atoms with van der Waals surface area (Å²) in [6.45, 7) is 4.53. The van der Waals surface area contributed by atoms with Crippen LogP contribution in [0, 0.1) is 5.92 Å². The van der Waals surface area contributed by atoms with Gasteiger partial charge in [0.25, 0.3) is 0 Å². The van der Waals surface area contributed by atoms with Crippen LogP contribution < -0.4 is 5.32 Å². The molecule has 0 radical (unpaired) electrons. The van der Waals surface area contributed by atoms with Gasteiger partial charge in [-0.25, -0.2) is 4.79 Å². The number of rotatable bonds is 14. The Morgan fingerprint density at radius 3 is 2.08 bits per heavy atom. The van der Waals surface area contributed by atoms with Crippen LogP contribution in [0.1, 0.15) is 77.2 Å². The van der Waals surface area contributed by atoms with Crippen molar-refractivity contribution in [1.29, 1.82) is 0 Å². The third-order valence-corrected chi connectivity index (χ3v) is 4.60. The maximum absolute atomic E-state index is 12.0. The number of hydrogen-bond acceptors (Lipinski definition) is 2. The molecule has 1 amide bonds. The molecular weight excluding hydrogens is 326 g/mol. The molecule has 146 valence electrons. The van der Waals surface area contributed by atoms with Gasteiger partial charge in [0.2, 0.25) is 5.91 Å². The molecule has 0 spiro atoms. The average Bonchev–Trinajstić information content (AvgIpc) is 2.60. The van der Waals surface area contributed by atoms with Crippen molar-refractivity contribution in [3.8, 4) is 0 Å². The van der Waals surface area contributed by atoms with Gasteiger partial charge in [-0.15, -0.1) is 0 Å². The molecule has 0 bridgehead atoms. The minimum absolute atomic E-state index is 0.162. The van der Waals surface area contributed by atoms with E-state index in [-0.39, 0.29) is 5.91 Å². The van der Waals surface area contributed by atoms with Crippen LogP contribution in [0.3, 0.4) is 0 Å². The van der Waals surface area contributed by atoms with E-state index in [4.69, 9.17) is 0 Å². The summed E-state index contributed by atoms with van der Waals surface area (Å²) >= 11 is 0. The molecule has 0 aliphatic heterocycles. The third kappa shape index (κ3) is 10.9. The molecule has 0 heterocycles. The van der Waals surface area contributed by atoms with Crippen LogP contribution in [0.4, 0.5) is 0 Å². The zero-order valence-corrected chi connectivity index (χ0v) is 16.4. The minimum atomic E-state index is -0.983. The molecule has 0 aliphatic carbocycles. The number of nitrogens with one attached hydrogen (secondary N) is 1. The number of carboxylic acids is 1. The topological polar surface area (TPSA) is 66.4 Å². The Labute approximate surface area is 158 Å². The number of unbranched alkanes of at least 4 members (excludes halogenated alkanes) is 6. The van der Waals surface area contributed by atoms with Crippen molar-refractivity contribution in [3.63, 3.8) is 0 Å². The van der Waals surface area contributed by atoms with Gasteiger partial charge >= 0.3 is 5.97 Å². The van der Waals surface area contributed by atoms with Crippen LogP contribution in [0.2, 0.25) is 0 Å². The number of carbonyl (C=O) groups excluding carboxylic acids is 1. The Morgan fingerprint density at radius 2 is 1.50 bits per heavy atom. The number of hydrogen-bond donors (Lipinski definition) is 2. The zero-order chi connectivity index (χ0) is 19.2. The summed E-state index contributed by atoms with van der Waals surface area (Å²) in [7, 11) is 0. The van der Waals surface area contributed by atoms with E-state index in [1.165, 1.54) is 32.1 Å². The van der Waals surface area contributed by atoms with E-state index in [1.807, 2.05) is 30.3 Å². The van der Waals surface area contributed by atoms with Crippen LogP contribution in [0.5, 0.6) is 0 Å². The van der Waals surface area contributed by atoms with Crippen LogP contribution >= 0.6 is 0 Å². The van der Waals surface area contributed by atoms with Gasteiger partial charge in [-0.3, -0.25) is 4.79 Å². The lowest BCUT2D eigenvalue weighted by molar-refractivity contribution is -0.141. The Hall–Kier alpha value is -1.84. The highest BCUT2D eigenvalue weighted by Crippen LogP contribution is 2.12. The molecule has 4 heteroatoms. The molecule has 0 saturated heterocycles. The molecule has 1 atom stereocenters. The highest BCUT2D eigenvalue weighted by atomic mass is 16.4. The fourth-order valence-electron chi connectivity index (χ4n) is 3.04. The van der Waals surface area contributed by atoms with Crippen LogP contribution in [0.25, 0.3) is 0 Å². The molecule has 26 heavy (non-hydrogen) atoms. The number of benzene rings is 1. The summed E-state index contributed by atoms with van der Waals surface area (Å²) in [5, 5.41) is 12.0. The average molecular weight is 362 g/mol. The Balaban J connectivity index is 2.13. The van der Waals surface area contributed by atoms with Gasteiger partial charge < -0.3 is 10.4 Å². The predicted molar refractivity (Wildman–Crippen MR) is 106 cm³/mol. The fraction of sp³-hybridized carbons (Fsp3) is 0.636. The van der Waals surface area contributed by atoms with Crippen molar-refractivity contribution < 1.29 is 14.7 Å². The van der Waals surface area contributed by atoms with E-state index >= 15 is 0 Å². The van der Waals surface area contributed by atoms with E-state index in [0.717, 1.165) is 30.7 Å². The summed E-state index contributed by atoms with van der Waals surface area (Å²) in [5.74, 6) is -0.348. The largest absolute Gasteiger partial charge is 0.480 e. The molecule has 0 aliphatic rings. The van der Waals surface area contributed by atoms with Crippen molar-refractivity contribution in [1.82, 2.24) is 5.32 Å². The van der Waals surface area contributed by atoms with Crippen molar-refractivity contribution in [2.45, 2.75) is 84.1 Å². The van der Waals surface area contributed by atoms with Gasteiger partial charge in [-0.1, -0.05) is 89.1 Å². The molecule has 1 aromatic rings. The highest BCUT2D eigenvalue weighted by molar-refractivity contribution is 5.83. The second-order valence-corrected chi connectivity index (χ2v) is 7.56. The first-order valence-electron chi connectivity index (χ1n) is 10.0. The summed E-state index contributed by atoms with van der Waals surface area (Å²) in [6, 6.07) is 8.54. The number of amides is 1. The predicted octanol–water partition coefficient (Wildman–Crippen LogP) is 4.97. The van der Waals surface area contributed by atoms with Crippen LogP contribution in [0.15, 0.2) is 30.3 Å². The van der Waals surface area contributed by atoms with Gasteiger partial charge in [0.15, 0.2) is 0 Å². The smallest absolute Gasteiger partial charge is 0.326 e. The van der Waals surface area contributed by atoms with Gasteiger partial charge in [0.05, 0.1) is 0 Å². The Bertz CT molecular complexity index is 513. The Morgan fingerprint density at radius 1 is 0.923 bits per heavy atom. The van der Waals surface area contributed by atoms with E-state index in [0.29, 0.717) is 12.8 Å². The number of aliphatic carboxylic acids is 1. The van der Waals surface area contributed by atoms with Crippen LogP contribution in [-0.2, 0) is 16.0 Å². The molecule has 1 rings (SSSR count). The molecule has 0 unspecified atom stereocenters. The van der Waals surface area contributed by atoms with Gasteiger partial charge in [-0.05, 0) is 17.9 Å². The standard InChI is InChI=1S/C22H35NO3/c1-18(2)13-9-6-4-3-5-7-12-16-21(24)23-20(22(25)26)17-19-14-10-8-11-15-19/h8,10-11,14-15,18,20H,3-7,9,12-13,16-17H2,1-2H3,(H,23,24)(H,25,26)/t20-/m0/s1. The monoisotopic (exact) mass is 361 g/mol. The summed E-state index contributed by atoms with van der Waals surface area (Å²) in [5.41, 5.74) is 0.915. The molecular formula is C22H35NO3. The molecule has 4 nitrogen and oxygen atoms in total. The maximum Gasteiger partial charge on any atom is 0.326 e. The van der Waals surface area contributed by atoms with Crippen LogP contribution in [-0.4, -0.2) is 23.0 Å². The first-order chi connectivity index (χ1) is 12.5. The van der Waals surface area contributed by atoms with E-state index < -0.39 is 12.0 Å². The molecule has 2 N–H and O–H groups in total. The molecule has 0 aromatic heterocycles. The Kier molecular flexibility index (Phi) is 11.4. The SMILES string of the molecule is CC(C)CCCCCCCCCC(=O)N[C@@H](Cc1ccccc1)C(=O)O. The minimum Gasteiger partial charge on any atom is -0.480 e. The lowest BCUT2D eigenvalue weighted by Crippen LogP contribution is -2.42. The number of carbonyl (C=O) groups is 2. The summed E-state index contributed by atoms with van der Waals surface area (Å²) < 4.78 is 0.